The Bertz CT molecular complexity index is 548. The predicted molar refractivity (Wildman–Crippen MR) is 70.0 cm³/mol. The molecule has 0 spiro atoms. The van der Waals surface area contributed by atoms with Gasteiger partial charge in [0.05, 0.1) is 6.54 Å². The van der Waals surface area contributed by atoms with Gasteiger partial charge in [-0.05, 0) is 12.1 Å². The summed E-state index contributed by atoms with van der Waals surface area (Å²) < 4.78 is 18.0. The maximum Gasteiger partial charge on any atom is 0.324 e. The number of benzene rings is 1. The van der Waals surface area contributed by atoms with Crippen molar-refractivity contribution in [3.8, 4) is 5.75 Å². The first-order valence-corrected chi connectivity index (χ1v) is 6.29. The van der Waals surface area contributed by atoms with Crippen LogP contribution in [0.4, 0.5) is 9.18 Å². The van der Waals surface area contributed by atoms with E-state index in [9.17, 15) is 18.8 Å². The Morgan fingerprint density at radius 1 is 1.43 bits per heavy atom. The Kier molecular flexibility index (Phi) is 4.70. The second-order valence-corrected chi connectivity index (χ2v) is 4.30. The smallest absolute Gasteiger partial charge is 0.324 e. The van der Waals surface area contributed by atoms with E-state index in [0.29, 0.717) is 0 Å². The van der Waals surface area contributed by atoms with Gasteiger partial charge in [0.2, 0.25) is 5.91 Å². The Hall–Kier alpha value is -2.64. The fourth-order valence-electron chi connectivity index (χ4n) is 1.75. The maximum atomic E-state index is 12.9. The van der Waals surface area contributed by atoms with E-state index in [1.165, 1.54) is 24.3 Å². The molecule has 0 saturated carbocycles. The summed E-state index contributed by atoms with van der Waals surface area (Å²) in [4.78, 5) is 35.0. The molecule has 1 heterocycles. The normalized spacial score (nSPS) is 14.0. The molecule has 112 valence electrons. The molecule has 0 radical (unpaired) electrons. The van der Waals surface area contributed by atoms with Crippen LogP contribution < -0.4 is 15.4 Å². The molecule has 1 fully saturated rings. The van der Waals surface area contributed by atoms with Crippen LogP contribution in [0.3, 0.4) is 0 Å². The molecule has 0 aromatic heterocycles. The zero-order valence-corrected chi connectivity index (χ0v) is 11.1. The van der Waals surface area contributed by atoms with Crippen molar-refractivity contribution in [1.82, 2.24) is 15.5 Å². The Labute approximate surface area is 120 Å². The van der Waals surface area contributed by atoms with E-state index in [1.54, 1.807) is 0 Å². The number of hydrogen-bond donors (Lipinski definition) is 2. The van der Waals surface area contributed by atoms with Crippen molar-refractivity contribution in [3.05, 3.63) is 30.1 Å². The van der Waals surface area contributed by atoms with Crippen LogP contribution in [0.1, 0.15) is 0 Å². The van der Waals surface area contributed by atoms with Crippen molar-refractivity contribution in [2.45, 2.75) is 0 Å². The molecule has 21 heavy (non-hydrogen) atoms. The van der Waals surface area contributed by atoms with Gasteiger partial charge in [0.1, 0.15) is 11.6 Å². The van der Waals surface area contributed by atoms with Crippen molar-refractivity contribution in [2.75, 3.05) is 26.2 Å². The molecule has 2 N–H and O–H groups in total. The molecule has 1 aliphatic heterocycles. The molecule has 1 aromatic carbocycles. The van der Waals surface area contributed by atoms with E-state index < -0.39 is 17.8 Å². The molecule has 0 bridgehead atoms. The number of nitrogens with zero attached hydrogens (tertiary/aromatic N) is 1. The summed E-state index contributed by atoms with van der Waals surface area (Å²) in [5.41, 5.74) is 0. The lowest BCUT2D eigenvalue weighted by Crippen LogP contribution is -2.39. The van der Waals surface area contributed by atoms with E-state index >= 15 is 0 Å². The summed E-state index contributed by atoms with van der Waals surface area (Å²) in [5, 5.41) is 4.88. The topological polar surface area (TPSA) is 87.7 Å². The zero-order chi connectivity index (χ0) is 15.2. The minimum Gasteiger partial charge on any atom is -0.484 e. The molecule has 4 amide bonds. The highest BCUT2D eigenvalue weighted by molar-refractivity contribution is 6.01. The number of imide groups is 1. The number of nitrogens with one attached hydrogen (secondary N) is 2. The Morgan fingerprint density at radius 3 is 2.90 bits per heavy atom. The van der Waals surface area contributed by atoms with Gasteiger partial charge in [-0.2, -0.15) is 0 Å². The van der Waals surface area contributed by atoms with Crippen LogP contribution in [0.25, 0.3) is 0 Å². The number of ether oxygens (including phenoxy) is 1. The van der Waals surface area contributed by atoms with Crippen LogP contribution in [0.2, 0.25) is 0 Å². The van der Waals surface area contributed by atoms with E-state index in [-0.39, 0.29) is 37.9 Å². The van der Waals surface area contributed by atoms with Crippen molar-refractivity contribution in [2.24, 2.45) is 0 Å². The van der Waals surface area contributed by atoms with Gasteiger partial charge in [-0.25, -0.2) is 9.18 Å². The van der Waals surface area contributed by atoms with E-state index in [0.717, 1.165) is 4.90 Å². The zero-order valence-electron chi connectivity index (χ0n) is 11.1. The first-order valence-electron chi connectivity index (χ1n) is 6.29. The second kappa shape index (κ2) is 6.69. The largest absolute Gasteiger partial charge is 0.484 e. The average molecular weight is 295 g/mol. The summed E-state index contributed by atoms with van der Waals surface area (Å²) in [7, 11) is 0. The molecule has 2 rings (SSSR count). The number of carbonyl (C=O) groups excluding carboxylic acids is 3. The fourth-order valence-corrected chi connectivity index (χ4v) is 1.75. The number of halogens is 1. The minimum absolute atomic E-state index is 0.0184. The van der Waals surface area contributed by atoms with Gasteiger partial charge >= 0.3 is 6.03 Å². The highest BCUT2D eigenvalue weighted by Crippen LogP contribution is 2.11. The molecule has 0 atom stereocenters. The molecule has 0 unspecified atom stereocenters. The monoisotopic (exact) mass is 295 g/mol. The number of carbonyl (C=O) groups is 3. The number of amides is 4. The molecule has 1 saturated heterocycles. The van der Waals surface area contributed by atoms with E-state index in [1.807, 2.05) is 0 Å². The molecule has 1 aromatic rings. The average Bonchev–Trinajstić information content (AvgIpc) is 2.77. The minimum atomic E-state index is -0.467. The lowest BCUT2D eigenvalue weighted by Gasteiger charge is -2.13. The van der Waals surface area contributed by atoms with Crippen LogP contribution in [-0.2, 0) is 9.59 Å². The standard InChI is InChI=1S/C13H14FN3O4/c14-9-2-1-3-10(6-9)21-8-11(18)15-4-5-17-12(19)7-16-13(17)20/h1-3,6H,4-5,7-8H2,(H,15,18)(H,16,20). The van der Waals surface area contributed by atoms with Gasteiger partial charge in [0, 0.05) is 19.2 Å². The summed E-state index contributed by atoms with van der Waals surface area (Å²) in [6, 6.07) is 4.97. The number of urea groups is 1. The molecule has 1 aliphatic rings. The van der Waals surface area contributed by atoms with Crippen molar-refractivity contribution in [1.29, 1.82) is 0 Å². The predicted octanol–water partition coefficient (Wildman–Crippen LogP) is -0.128. The molecule has 7 nitrogen and oxygen atoms in total. The van der Waals surface area contributed by atoms with Crippen LogP contribution in [-0.4, -0.2) is 49.0 Å². The van der Waals surface area contributed by atoms with Gasteiger partial charge in [0.15, 0.2) is 6.61 Å². The first kappa shape index (κ1) is 14.8. The van der Waals surface area contributed by atoms with Gasteiger partial charge in [-0.15, -0.1) is 0 Å². The van der Waals surface area contributed by atoms with Crippen molar-refractivity contribution < 1.29 is 23.5 Å². The molecular weight excluding hydrogens is 281 g/mol. The third kappa shape index (κ3) is 4.16. The first-order chi connectivity index (χ1) is 10.1. The lowest BCUT2D eigenvalue weighted by molar-refractivity contribution is -0.126. The van der Waals surface area contributed by atoms with Gasteiger partial charge in [-0.1, -0.05) is 6.07 Å². The number of hydrogen-bond acceptors (Lipinski definition) is 4. The van der Waals surface area contributed by atoms with E-state index in [2.05, 4.69) is 10.6 Å². The summed E-state index contributed by atoms with van der Waals surface area (Å²) in [5.74, 6) is -0.956. The summed E-state index contributed by atoms with van der Waals surface area (Å²) in [6.07, 6.45) is 0. The van der Waals surface area contributed by atoms with Gasteiger partial charge < -0.3 is 15.4 Å². The van der Waals surface area contributed by atoms with Gasteiger partial charge in [0.25, 0.3) is 5.91 Å². The Morgan fingerprint density at radius 2 is 2.24 bits per heavy atom. The molecular formula is C13H14FN3O4. The highest BCUT2D eigenvalue weighted by atomic mass is 19.1. The van der Waals surface area contributed by atoms with Crippen LogP contribution >= 0.6 is 0 Å². The van der Waals surface area contributed by atoms with Crippen molar-refractivity contribution >= 4 is 17.8 Å². The fraction of sp³-hybridized carbons (Fsp3) is 0.308. The quantitative estimate of drug-likeness (QED) is 0.716. The molecule has 8 heteroatoms. The summed E-state index contributed by atoms with van der Waals surface area (Å²) >= 11 is 0. The Balaban J connectivity index is 1.68. The summed E-state index contributed by atoms with van der Waals surface area (Å²) in [6.45, 7) is -0.0695. The second-order valence-electron chi connectivity index (χ2n) is 4.30. The lowest BCUT2D eigenvalue weighted by atomic mass is 10.3. The molecule has 0 aliphatic carbocycles. The third-order valence-corrected chi connectivity index (χ3v) is 2.76. The number of rotatable bonds is 6. The maximum absolute atomic E-state index is 12.9. The highest BCUT2D eigenvalue weighted by Gasteiger charge is 2.27. The van der Waals surface area contributed by atoms with E-state index in [4.69, 9.17) is 4.74 Å². The van der Waals surface area contributed by atoms with Crippen molar-refractivity contribution in [3.63, 3.8) is 0 Å². The van der Waals surface area contributed by atoms with Crippen LogP contribution in [0, 0.1) is 5.82 Å². The third-order valence-electron chi connectivity index (χ3n) is 2.76. The van der Waals surface area contributed by atoms with Crippen LogP contribution in [0.5, 0.6) is 5.75 Å². The SMILES string of the molecule is O=C(COc1cccc(F)c1)NCCN1C(=O)CNC1=O. The van der Waals surface area contributed by atoms with Gasteiger partial charge in [-0.3, -0.25) is 14.5 Å². The van der Waals surface area contributed by atoms with Crippen LogP contribution in [0.15, 0.2) is 24.3 Å².